The minimum absolute atomic E-state index is 0.131. The molecule has 0 amide bonds. The summed E-state index contributed by atoms with van der Waals surface area (Å²) >= 11 is 6.08. The molecule has 0 saturated carbocycles. The van der Waals surface area contributed by atoms with Crippen LogP contribution < -0.4 is 4.74 Å². The zero-order valence-corrected chi connectivity index (χ0v) is 13.5. The summed E-state index contributed by atoms with van der Waals surface area (Å²) in [6.07, 6.45) is 0. The molecular formula is C17H13ClN2O4. The fraction of sp³-hybridized carbons (Fsp3) is 0.118. The van der Waals surface area contributed by atoms with Gasteiger partial charge in [-0.3, -0.25) is 0 Å². The minimum atomic E-state index is -0.508. The molecule has 0 aliphatic rings. The Balaban J connectivity index is 1.67. The van der Waals surface area contributed by atoms with Gasteiger partial charge in [-0.2, -0.15) is 0 Å². The van der Waals surface area contributed by atoms with Gasteiger partial charge in [0.1, 0.15) is 5.75 Å². The molecule has 0 unspecified atom stereocenters. The van der Waals surface area contributed by atoms with Crippen molar-refractivity contribution in [2.75, 3.05) is 7.11 Å². The molecule has 7 heteroatoms. The van der Waals surface area contributed by atoms with Crippen molar-refractivity contribution in [3.8, 4) is 17.2 Å². The van der Waals surface area contributed by atoms with Crippen LogP contribution in [0.4, 0.5) is 0 Å². The highest BCUT2D eigenvalue weighted by Gasteiger charge is 2.14. The van der Waals surface area contributed by atoms with Gasteiger partial charge in [0.05, 0.1) is 23.3 Å². The quantitative estimate of drug-likeness (QED) is 0.656. The fourth-order valence-corrected chi connectivity index (χ4v) is 2.23. The highest BCUT2D eigenvalue weighted by molar-refractivity contribution is 6.33. The first-order chi connectivity index (χ1) is 11.7. The zero-order chi connectivity index (χ0) is 16.9. The van der Waals surface area contributed by atoms with Crippen LogP contribution in [-0.2, 0) is 11.3 Å². The van der Waals surface area contributed by atoms with Gasteiger partial charge in [-0.15, -0.1) is 10.2 Å². The summed E-state index contributed by atoms with van der Waals surface area (Å²) in [4.78, 5) is 12.0. The number of hydrogen-bond donors (Lipinski definition) is 0. The van der Waals surface area contributed by atoms with E-state index in [1.165, 1.54) is 7.11 Å². The number of esters is 1. The number of nitrogens with zero attached hydrogens (tertiary/aromatic N) is 2. The Morgan fingerprint density at radius 1 is 1.17 bits per heavy atom. The lowest BCUT2D eigenvalue weighted by atomic mass is 10.2. The lowest BCUT2D eigenvalue weighted by Gasteiger charge is -2.04. The van der Waals surface area contributed by atoms with Crippen molar-refractivity contribution in [2.45, 2.75) is 6.61 Å². The van der Waals surface area contributed by atoms with Gasteiger partial charge in [-0.1, -0.05) is 29.8 Å². The highest BCUT2D eigenvalue weighted by atomic mass is 35.5. The molecule has 0 atom stereocenters. The van der Waals surface area contributed by atoms with Crippen LogP contribution in [0.2, 0.25) is 5.02 Å². The van der Waals surface area contributed by atoms with E-state index in [4.69, 9.17) is 25.5 Å². The van der Waals surface area contributed by atoms with Gasteiger partial charge in [0, 0.05) is 0 Å². The predicted octanol–water partition coefficient (Wildman–Crippen LogP) is 3.76. The molecule has 1 aromatic heterocycles. The van der Waals surface area contributed by atoms with Gasteiger partial charge >= 0.3 is 5.97 Å². The molecule has 0 spiro atoms. The first kappa shape index (κ1) is 16.0. The van der Waals surface area contributed by atoms with Crippen molar-refractivity contribution < 1.29 is 18.7 Å². The maximum absolute atomic E-state index is 12.0. The number of benzene rings is 2. The van der Waals surface area contributed by atoms with E-state index in [0.717, 1.165) is 0 Å². The largest absolute Gasteiger partial charge is 0.497 e. The molecule has 6 nitrogen and oxygen atoms in total. The fourth-order valence-electron chi connectivity index (χ4n) is 2.02. The Kier molecular flexibility index (Phi) is 4.77. The number of methoxy groups -OCH3 is 1. The second kappa shape index (κ2) is 7.14. The van der Waals surface area contributed by atoms with Crippen molar-refractivity contribution in [1.82, 2.24) is 10.2 Å². The van der Waals surface area contributed by atoms with E-state index in [0.29, 0.717) is 21.9 Å². The van der Waals surface area contributed by atoms with Gasteiger partial charge in [0.15, 0.2) is 6.61 Å². The van der Waals surface area contributed by atoms with Crippen LogP contribution in [0.15, 0.2) is 52.9 Å². The summed E-state index contributed by atoms with van der Waals surface area (Å²) in [5.74, 6) is 0.517. The molecule has 0 radical (unpaired) electrons. The van der Waals surface area contributed by atoms with Crippen molar-refractivity contribution >= 4 is 17.6 Å². The number of carbonyl (C=O) groups is 1. The molecule has 0 aliphatic heterocycles. The van der Waals surface area contributed by atoms with Crippen LogP contribution >= 0.6 is 11.6 Å². The van der Waals surface area contributed by atoms with Crippen LogP contribution in [0.5, 0.6) is 5.75 Å². The third-order valence-corrected chi connectivity index (χ3v) is 3.53. The normalized spacial score (nSPS) is 10.4. The van der Waals surface area contributed by atoms with Crippen molar-refractivity contribution in [1.29, 1.82) is 0 Å². The predicted molar refractivity (Wildman–Crippen MR) is 86.9 cm³/mol. The van der Waals surface area contributed by atoms with E-state index in [9.17, 15) is 4.79 Å². The summed E-state index contributed by atoms with van der Waals surface area (Å²) < 4.78 is 15.7. The standard InChI is InChI=1S/C17H13ClN2O4/c1-22-12-6-4-5-11(9-12)17(21)23-10-15-19-20-16(24-15)13-7-2-3-8-14(13)18/h2-9H,10H2,1H3. The molecule has 122 valence electrons. The van der Waals surface area contributed by atoms with Crippen LogP contribution in [0.1, 0.15) is 16.2 Å². The topological polar surface area (TPSA) is 74.5 Å². The number of rotatable bonds is 5. The van der Waals surface area contributed by atoms with Crippen LogP contribution in [-0.4, -0.2) is 23.3 Å². The first-order valence-corrected chi connectivity index (χ1v) is 7.43. The average molecular weight is 345 g/mol. The van der Waals surface area contributed by atoms with Crippen LogP contribution in [0.25, 0.3) is 11.5 Å². The number of carbonyl (C=O) groups excluding carboxylic acids is 1. The van der Waals surface area contributed by atoms with Crippen LogP contribution in [0.3, 0.4) is 0 Å². The SMILES string of the molecule is COc1cccc(C(=O)OCc2nnc(-c3ccccc3Cl)o2)c1. The van der Waals surface area contributed by atoms with Crippen molar-refractivity contribution in [3.63, 3.8) is 0 Å². The maximum atomic E-state index is 12.0. The minimum Gasteiger partial charge on any atom is -0.497 e. The third kappa shape index (κ3) is 3.55. The number of hydrogen-bond acceptors (Lipinski definition) is 6. The second-order valence-electron chi connectivity index (χ2n) is 4.79. The zero-order valence-electron chi connectivity index (χ0n) is 12.7. The molecule has 24 heavy (non-hydrogen) atoms. The van der Waals surface area contributed by atoms with Gasteiger partial charge < -0.3 is 13.9 Å². The van der Waals surface area contributed by atoms with Gasteiger partial charge in [-0.25, -0.2) is 4.79 Å². The Bertz CT molecular complexity index is 863. The van der Waals surface area contributed by atoms with E-state index < -0.39 is 5.97 Å². The monoisotopic (exact) mass is 344 g/mol. The second-order valence-corrected chi connectivity index (χ2v) is 5.20. The lowest BCUT2D eigenvalue weighted by molar-refractivity contribution is 0.0438. The summed E-state index contributed by atoms with van der Waals surface area (Å²) in [5.41, 5.74) is 0.997. The Morgan fingerprint density at radius 2 is 2.00 bits per heavy atom. The Labute approximate surface area is 143 Å². The summed E-state index contributed by atoms with van der Waals surface area (Å²) in [6.45, 7) is -0.131. The molecule has 3 aromatic rings. The number of ether oxygens (including phenoxy) is 2. The van der Waals surface area contributed by atoms with E-state index in [1.807, 2.05) is 6.07 Å². The van der Waals surface area contributed by atoms with Crippen molar-refractivity contribution in [3.05, 3.63) is 65.0 Å². The molecule has 2 aromatic carbocycles. The van der Waals surface area contributed by atoms with Crippen LogP contribution in [0, 0.1) is 0 Å². The summed E-state index contributed by atoms with van der Waals surface area (Å²) in [6, 6.07) is 13.8. The Hall–Kier alpha value is -2.86. The van der Waals surface area contributed by atoms with E-state index in [-0.39, 0.29) is 18.4 Å². The van der Waals surface area contributed by atoms with Gasteiger partial charge in [0.25, 0.3) is 5.89 Å². The van der Waals surface area contributed by atoms with Gasteiger partial charge in [-0.05, 0) is 30.3 Å². The highest BCUT2D eigenvalue weighted by Crippen LogP contribution is 2.26. The molecule has 0 bridgehead atoms. The molecule has 0 aliphatic carbocycles. The molecule has 0 saturated heterocycles. The molecule has 0 N–H and O–H groups in total. The first-order valence-electron chi connectivity index (χ1n) is 7.06. The van der Waals surface area contributed by atoms with E-state index in [1.54, 1.807) is 42.5 Å². The summed E-state index contributed by atoms with van der Waals surface area (Å²) in [7, 11) is 1.53. The van der Waals surface area contributed by atoms with Crippen molar-refractivity contribution in [2.24, 2.45) is 0 Å². The molecule has 3 rings (SSSR count). The van der Waals surface area contributed by atoms with Gasteiger partial charge in [0.2, 0.25) is 5.89 Å². The third-order valence-electron chi connectivity index (χ3n) is 3.20. The maximum Gasteiger partial charge on any atom is 0.338 e. The Morgan fingerprint density at radius 3 is 2.79 bits per heavy atom. The number of aromatic nitrogens is 2. The summed E-state index contributed by atoms with van der Waals surface area (Å²) in [5, 5.41) is 8.27. The smallest absolute Gasteiger partial charge is 0.338 e. The average Bonchev–Trinajstić information content (AvgIpc) is 3.09. The van der Waals surface area contributed by atoms with E-state index >= 15 is 0 Å². The lowest BCUT2D eigenvalue weighted by Crippen LogP contribution is -2.05. The molecule has 0 fully saturated rings. The van der Waals surface area contributed by atoms with E-state index in [2.05, 4.69) is 10.2 Å². The number of halogens is 1. The molecular weight excluding hydrogens is 332 g/mol. The molecule has 1 heterocycles.